The van der Waals surface area contributed by atoms with Gasteiger partial charge in [0.1, 0.15) is 0 Å². The molecule has 3 nitrogen and oxygen atoms in total. The second-order valence-electron chi connectivity index (χ2n) is 5.63. The summed E-state index contributed by atoms with van der Waals surface area (Å²) in [7, 11) is 0. The third-order valence-corrected chi connectivity index (χ3v) is 4.43. The van der Waals surface area contributed by atoms with Gasteiger partial charge in [-0.1, -0.05) is 0 Å². The molecule has 1 aliphatic carbocycles. The summed E-state index contributed by atoms with van der Waals surface area (Å²) in [5, 5.41) is 0. The number of hydrogen-bond acceptors (Lipinski definition) is 2. The number of carbonyl (C=O) groups is 1. The smallest absolute Gasteiger partial charge is 0.254 e. The van der Waals surface area contributed by atoms with Crippen molar-refractivity contribution in [2.45, 2.75) is 18.9 Å². The molecule has 1 aromatic rings. The van der Waals surface area contributed by atoms with Crippen LogP contribution in [-0.4, -0.2) is 29.9 Å². The molecule has 0 radical (unpaired) electrons. The van der Waals surface area contributed by atoms with Gasteiger partial charge in [0, 0.05) is 24.7 Å². The van der Waals surface area contributed by atoms with Gasteiger partial charge in [-0.3, -0.25) is 4.79 Å². The summed E-state index contributed by atoms with van der Waals surface area (Å²) in [6, 6.07) is 1.57. The quantitative estimate of drug-likeness (QED) is 0.807. The van der Waals surface area contributed by atoms with Gasteiger partial charge < -0.3 is 10.6 Å². The van der Waals surface area contributed by atoms with Crippen LogP contribution < -0.4 is 5.73 Å². The van der Waals surface area contributed by atoms with Crippen LogP contribution in [0.15, 0.2) is 12.1 Å². The molecule has 2 N–H and O–H groups in total. The summed E-state index contributed by atoms with van der Waals surface area (Å²) in [6.07, 6.45) is 1.93. The molecule has 3 unspecified atom stereocenters. The number of nitrogens with two attached hydrogens (primary N) is 1. The molecule has 0 spiro atoms. The van der Waals surface area contributed by atoms with Crippen LogP contribution >= 0.6 is 12.4 Å². The largest absolute Gasteiger partial charge is 0.338 e. The van der Waals surface area contributed by atoms with Crippen molar-refractivity contribution in [3.63, 3.8) is 0 Å². The summed E-state index contributed by atoms with van der Waals surface area (Å²) in [5.74, 6) is -4.08. The summed E-state index contributed by atoms with van der Waals surface area (Å²) in [4.78, 5) is 13.8. The van der Waals surface area contributed by atoms with E-state index in [1.807, 2.05) is 0 Å². The second kappa shape index (κ2) is 5.85. The Labute approximate surface area is 126 Å². The first-order valence-corrected chi connectivity index (χ1v) is 6.66. The molecular weight excluding hydrogens is 305 g/mol. The van der Waals surface area contributed by atoms with Crippen LogP contribution in [0.1, 0.15) is 23.2 Å². The van der Waals surface area contributed by atoms with Gasteiger partial charge in [0.25, 0.3) is 5.91 Å². The number of hydrogen-bond donors (Lipinski definition) is 1. The van der Waals surface area contributed by atoms with E-state index in [-0.39, 0.29) is 29.9 Å². The first kappa shape index (κ1) is 16.1. The molecule has 1 aliphatic heterocycles. The van der Waals surface area contributed by atoms with Crippen LogP contribution in [0.25, 0.3) is 0 Å². The molecule has 3 atom stereocenters. The molecule has 1 saturated carbocycles. The molecule has 1 heterocycles. The summed E-state index contributed by atoms with van der Waals surface area (Å²) < 4.78 is 39.2. The van der Waals surface area contributed by atoms with Crippen molar-refractivity contribution in [3.05, 3.63) is 35.1 Å². The lowest BCUT2D eigenvalue weighted by Crippen LogP contribution is -2.33. The zero-order valence-corrected chi connectivity index (χ0v) is 12.0. The van der Waals surface area contributed by atoms with Crippen LogP contribution in [0.4, 0.5) is 13.2 Å². The van der Waals surface area contributed by atoms with E-state index >= 15 is 0 Å². The minimum absolute atomic E-state index is 0. The average molecular weight is 321 g/mol. The Kier molecular flexibility index (Phi) is 4.49. The number of halogens is 4. The highest BCUT2D eigenvalue weighted by molar-refractivity contribution is 5.94. The Bertz CT molecular complexity index is 546. The van der Waals surface area contributed by atoms with Gasteiger partial charge in [-0.2, -0.15) is 0 Å². The predicted molar refractivity (Wildman–Crippen MR) is 73.7 cm³/mol. The molecule has 1 amide bonds. The van der Waals surface area contributed by atoms with E-state index in [9.17, 15) is 18.0 Å². The van der Waals surface area contributed by atoms with Crippen molar-refractivity contribution in [2.24, 2.45) is 17.6 Å². The highest BCUT2D eigenvalue weighted by atomic mass is 35.5. The normalized spacial score (nSPS) is 27.4. The Morgan fingerprint density at radius 3 is 2.33 bits per heavy atom. The fraction of sp³-hybridized carbons (Fsp3) is 0.500. The minimum atomic E-state index is -1.55. The molecule has 1 saturated heterocycles. The zero-order valence-electron chi connectivity index (χ0n) is 11.2. The minimum Gasteiger partial charge on any atom is -0.338 e. The second-order valence-corrected chi connectivity index (χ2v) is 5.63. The first-order valence-electron chi connectivity index (χ1n) is 6.66. The average Bonchev–Trinajstić information content (AvgIpc) is 2.97. The molecule has 3 rings (SSSR count). The van der Waals surface area contributed by atoms with E-state index in [2.05, 4.69) is 0 Å². The fourth-order valence-electron chi connectivity index (χ4n) is 3.33. The van der Waals surface area contributed by atoms with Gasteiger partial charge in [0.2, 0.25) is 0 Å². The summed E-state index contributed by atoms with van der Waals surface area (Å²) in [6.45, 7) is 1.06. The molecule has 2 aliphatic rings. The van der Waals surface area contributed by atoms with Crippen molar-refractivity contribution in [2.75, 3.05) is 13.1 Å². The maximum atomic E-state index is 13.2. The van der Waals surface area contributed by atoms with Crippen molar-refractivity contribution in [3.8, 4) is 0 Å². The SMILES string of the molecule is Cl.NC1CCC2CN(C(=O)c3cc(F)c(F)c(F)c3)CC12. The number of likely N-dealkylation sites (tertiary alicyclic amines) is 1. The topological polar surface area (TPSA) is 46.3 Å². The highest BCUT2D eigenvalue weighted by Crippen LogP contribution is 2.37. The maximum absolute atomic E-state index is 13.2. The Morgan fingerprint density at radius 2 is 1.76 bits per heavy atom. The molecule has 0 bridgehead atoms. The van der Waals surface area contributed by atoms with Gasteiger partial charge in [-0.15, -0.1) is 12.4 Å². The lowest BCUT2D eigenvalue weighted by molar-refractivity contribution is 0.0778. The van der Waals surface area contributed by atoms with Crippen LogP contribution in [0, 0.1) is 29.3 Å². The lowest BCUT2D eigenvalue weighted by atomic mass is 9.98. The fourth-order valence-corrected chi connectivity index (χ4v) is 3.33. The van der Waals surface area contributed by atoms with Crippen LogP contribution in [0.2, 0.25) is 0 Å². The van der Waals surface area contributed by atoms with E-state index in [1.54, 1.807) is 4.90 Å². The molecule has 1 aromatic carbocycles. The number of nitrogens with zero attached hydrogens (tertiary/aromatic N) is 1. The lowest BCUT2D eigenvalue weighted by Gasteiger charge is -2.19. The van der Waals surface area contributed by atoms with Crippen LogP contribution in [0.3, 0.4) is 0 Å². The molecule has 0 aromatic heterocycles. The summed E-state index contributed by atoms with van der Waals surface area (Å²) >= 11 is 0. The van der Waals surface area contributed by atoms with E-state index < -0.39 is 23.4 Å². The third-order valence-electron chi connectivity index (χ3n) is 4.43. The van der Waals surface area contributed by atoms with Crippen LogP contribution in [-0.2, 0) is 0 Å². The predicted octanol–water partition coefficient (Wildman–Crippen LogP) is 2.34. The van der Waals surface area contributed by atoms with Crippen molar-refractivity contribution >= 4 is 18.3 Å². The standard InChI is InChI=1S/C14H15F3N2O.ClH/c15-10-3-8(4-11(16)13(10)17)14(20)19-5-7-1-2-12(18)9(7)6-19;/h3-4,7,9,12H,1-2,5-6,18H2;1H. The Hall–Kier alpha value is -1.27. The Morgan fingerprint density at radius 1 is 1.14 bits per heavy atom. The number of benzene rings is 1. The summed E-state index contributed by atoms with van der Waals surface area (Å²) in [5.41, 5.74) is 5.82. The van der Waals surface area contributed by atoms with Crippen molar-refractivity contribution < 1.29 is 18.0 Å². The van der Waals surface area contributed by atoms with Crippen LogP contribution in [0.5, 0.6) is 0 Å². The molecule has 21 heavy (non-hydrogen) atoms. The maximum Gasteiger partial charge on any atom is 0.254 e. The van der Waals surface area contributed by atoms with Gasteiger partial charge >= 0.3 is 0 Å². The number of carbonyl (C=O) groups excluding carboxylic acids is 1. The Balaban J connectivity index is 0.00000161. The van der Waals surface area contributed by atoms with Crippen molar-refractivity contribution in [1.82, 2.24) is 4.90 Å². The van der Waals surface area contributed by atoms with Crippen molar-refractivity contribution in [1.29, 1.82) is 0 Å². The number of rotatable bonds is 1. The monoisotopic (exact) mass is 320 g/mol. The molecular formula is C14H16ClF3N2O. The number of amides is 1. The van der Waals surface area contributed by atoms with E-state index in [0.717, 1.165) is 25.0 Å². The van der Waals surface area contributed by atoms with Gasteiger partial charge in [-0.25, -0.2) is 13.2 Å². The zero-order chi connectivity index (χ0) is 14.4. The third kappa shape index (κ3) is 2.74. The highest BCUT2D eigenvalue weighted by Gasteiger charge is 2.42. The van der Waals surface area contributed by atoms with Gasteiger partial charge in [0.05, 0.1) is 0 Å². The molecule has 116 valence electrons. The van der Waals surface area contributed by atoms with E-state index in [0.29, 0.717) is 19.0 Å². The van der Waals surface area contributed by atoms with Gasteiger partial charge in [-0.05, 0) is 36.8 Å². The van der Waals surface area contributed by atoms with E-state index in [1.165, 1.54) is 0 Å². The molecule has 7 heteroatoms. The molecule has 2 fully saturated rings. The number of fused-ring (bicyclic) bond motifs is 1. The van der Waals surface area contributed by atoms with Gasteiger partial charge in [0.15, 0.2) is 17.5 Å². The van der Waals surface area contributed by atoms with E-state index in [4.69, 9.17) is 5.73 Å². The first-order chi connectivity index (χ1) is 9.47.